The van der Waals surface area contributed by atoms with Crippen LogP contribution >= 0.6 is 0 Å². The van der Waals surface area contributed by atoms with Gasteiger partial charge in [-0.25, -0.2) is 4.52 Å². The van der Waals surface area contributed by atoms with Gasteiger partial charge in [-0.3, -0.25) is 0 Å². The first-order valence-corrected chi connectivity index (χ1v) is 5.26. The SMILES string of the molecule is O=Nc1c(-c2ccccc2)nn2ccccc12. The molecule has 0 aliphatic rings. The summed E-state index contributed by atoms with van der Waals surface area (Å²) in [7, 11) is 0. The summed E-state index contributed by atoms with van der Waals surface area (Å²) in [5.41, 5.74) is 2.62. The minimum atomic E-state index is 0.386. The summed E-state index contributed by atoms with van der Waals surface area (Å²) >= 11 is 0. The van der Waals surface area contributed by atoms with Crippen LogP contribution in [0.25, 0.3) is 16.8 Å². The van der Waals surface area contributed by atoms with Gasteiger partial charge < -0.3 is 0 Å². The first-order valence-electron chi connectivity index (χ1n) is 5.26. The zero-order valence-electron chi connectivity index (χ0n) is 8.95. The molecule has 2 heterocycles. The highest BCUT2D eigenvalue weighted by Gasteiger charge is 2.14. The van der Waals surface area contributed by atoms with Crippen LogP contribution in [0.15, 0.2) is 59.9 Å². The molecule has 0 radical (unpaired) electrons. The first-order chi connectivity index (χ1) is 8.40. The lowest BCUT2D eigenvalue weighted by atomic mass is 10.1. The van der Waals surface area contributed by atoms with Gasteiger partial charge in [-0.15, -0.1) is 4.91 Å². The minimum absolute atomic E-state index is 0.386. The van der Waals surface area contributed by atoms with Gasteiger partial charge in [0.05, 0.1) is 5.52 Å². The highest BCUT2D eigenvalue weighted by Crippen LogP contribution is 2.32. The Morgan fingerprint density at radius 1 is 1.00 bits per heavy atom. The predicted molar refractivity (Wildman–Crippen MR) is 66.1 cm³/mol. The second-order valence-electron chi connectivity index (χ2n) is 3.68. The van der Waals surface area contributed by atoms with Crippen molar-refractivity contribution in [3.8, 4) is 11.3 Å². The number of rotatable bonds is 2. The zero-order valence-corrected chi connectivity index (χ0v) is 8.95. The Morgan fingerprint density at radius 3 is 2.53 bits per heavy atom. The van der Waals surface area contributed by atoms with Crippen LogP contribution < -0.4 is 0 Å². The predicted octanol–water partition coefficient (Wildman–Crippen LogP) is 3.40. The van der Waals surface area contributed by atoms with E-state index in [-0.39, 0.29) is 0 Å². The van der Waals surface area contributed by atoms with Crippen LogP contribution in [0.3, 0.4) is 0 Å². The maximum Gasteiger partial charge on any atom is 0.161 e. The van der Waals surface area contributed by atoms with Gasteiger partial charge in [0, 0.05) is 11.8 Å². The van der Waals surface area contributed by atoms with Crippen molar-refractivity contribution < 1.29 is 0 Å². The second kappa shape index (κ2) is 3.83. The fourth-order valence-corrected chi connectivity index (χ4v) is 1.87. The zero-order chi connectivity index (χ0) is 11.7. The van der Waals surface area contributed by atoms with Crippen molar-refractivity contribution in [2.24, 2.45) is 5.18 Å². The molecule has 0 atom stereocenters. The highest BCUT2D eigenvalue weighted by atomic mass is 16.3. The normalized spacial score (nSPS) is 10.6. The van der Waals surface area contributed by atoms with Gasteiger partial charge in [-0.1, -0.05) is 36.4 Å². The number of pyridine rings is 1. The number of benzene rings is 1. The van der Waals surface area contributed by atoms with Crippen LogP contribution in [0.2, 0.25) is 0 Å². The number of nitroso groups, excluding NO2 is 1. The summed E-state index contributed by atoms with van der Waals surface area (Å²) in [6.45, 7) is 0. The standard InChI is InChI=1S/C13H9N3O/c17-15-13-11-8-4-5-9-16(11)14-12(13)10-6-2-1-3-7-10/h1-9H. The Balaban J connectivity index is 2.33. The summed E-state index contributed by atoms with van der Waals surface area (Å²) < 4.78 is 1.67. The summed E-state index contributed by atoms with van der Waals surface area (Å²) in [4.78, 5) is 11.0. The molecule has 2 aromatic heterocycles. The largest absolute Gasteiger partial charge is 0.238 e. The number of hydrogen-bond acceptors (Lipinski definition) is 3. The molecule has 0 N–H and O–H groups in total. The van der Waals surface area contributed by atoms with Crippen molar-refractivity contribution in [1.82, 2.24) is 9.61 Å². The topological polar surface area (TPSA) is 46.7 Å². The molecule has 0 amide bonds. The summed E-state index contributed by atoms with van der Waals surface area (Å²) in [5, 5.41) is 7.48. The number of aromatic nitrogens is 2. The van der Waals surface area contributed by atoms with Gasteiger partial charge in [0.15, 0.2) is 5.69 Å². The Hall–Kier alpha value is -2.49. The molecule has 3 aromatic rings. The average Bonchev–Trinajstić information content (AvgIpc) is 2.78. The maximum atomic E-state index is 11.0. The van der Waals surface area contributed by atoms with Crippen LogP contribution in [0, 0.1) is 4.91 Å². The molecule has 0 bridgehead atoms. The number of hydrogen-bond donors (Lipinski definition) is 0. The molecule has 0 fully saturated rings. The van der Waals surface area contributed by atoms with Gasteiger partial charge in [0.2, 0.25) is 0 Å². The molecule has 3 rings (SSSR count). The summed E-state index contributed by atoms with van der Waals surface area (Å²) in [6.07, 6.45) is 1.80. The van der Waals surface area contributed by atoms with Crippen LogP contribution in [-0.2, 0) is 0 Å². The molecule has 0 unspecified atom stereocenters. The molecule has 1 aromatic carbocycles. The highest BCUT2D eigenvalue weighted by molar-refractivity contribution is 5.84. The fourth-order valence-electron chi connectivity index (χ4n) is 1.87. The van der Waals surface area contributed by atoms with Gasteiger partial charge in [0.1, 0.15) is 5.69 Å². The van der Waals surface area contributed by atoms with E-state index in [1.807, 2.05) is 48.5 Å². The van der Waals surface area contributed by atoms with Crippen LogP contribution in [0.1, 0.15) is 0 Å². The number of nitrogens with zero attached hydrogens (tertiary/aromatic N) is 3. The summed E-state index contributed by atoms with van der Waals surface area (Å²) in [6, 6.07) is 15.1. The van der Waals surface area contributed by atoms with Gasteiger partial charge in [-0.2, -0.15) is 5.10 Å². The third-order valence-corrected chi connectivity index (χ3v) is 2.65. The molecule has 0 saturated heterocycles. The van der Waals surface area contributed by atoms with Gasteiger partial charge in [0.25, 0.3) is 0 Å². The van der Waals surface area contributed by atoms with Crippen LogP contribution in [0.5, 0.6) is 0 Å². The lowest BCUT2D eigenvalue weighted by molar-refractivity contribution is 0.966. The third kappa shape index (κ3) is 1.50. The van der Waals surface area contributed by atoms with Crippen molar-refractivity contribution in [3.63, 3.8) is 0 Å². The van der Waals surface area contributed by atoms with Crippen LogP contribution in [0.4, 0.5) is 5.69 Å². The number of fused-ring (bicyclic) bond motifs is 1. The Bertz CT molecular complexity index is 673. The van der Waals surface area contributed by atoms with Crippen LogP contribution in [-0.4, -0.2) is 9.61 Å². The monoisotopic (exact) mass is 223 g/mol. The van der Waals surface area contributed by atoms with E-state index >= 15 is 0 Å². The van der Waals surface area contributed by atoms with E-state index in [9.17, 15) is 4.91 Å². The minimum Gasteiger partial charge on any atom is -0.238 e. The average molecular weight is 223 g/mol. The Kier molecular flexibility index (Phi) is 2.19. The van der Waals surface area contributed by atoms with Crippen molar-refractivity contribution >= 4 is 11.2 Å². The summed E-state index contributed by atoms with van der Waals surface area (Å²) in [5.74, 6) is 0. The van der Waals surface area contributed by atoms with Gasteiger partial charge >= 0.3 is 0 Å². The molecule has 17 heavy (non-hydrogen) atoms. The molecule has 0 aliphatic heterocycles. The van der Waals surface area contributed by atoms with E-state index in [0.29, 0.717) is 11.4 Å². The molecule has 4 heteroatoms. The van der Waals surface area contributed by atoms with Crippen molar-refractivity contribution in [1.29, 1.82) is 0 Å². The Morgan fingerprint density at radius 2 is 1.76 bits per heavy atom. The molecule has 0 spiro atoms. The van der Waals surface area contributed by atoms with Gasteiger partial charge in [-0.05, 0) is 17.3 Å². The second-order valence-corrected chi connectivity index (χ2v) is 3.68. The molecule has 82 valence electrons. The first kappa shape index (κ1) is 9.72. The fraction of sp³-hybridized carbons (Fsp3) is 0. The Labute approximate surface area is 97.5 Å². The maximum absolute atomic E-state index is 11.0. The van der Waals surface area contributed by atoms with E-state index in [1.54, 1.807) is 10.7 Å². The van der Waals surface area contributed by atoms with E-state index in [2.05, 4.69) is 10.3 Å². The lowest BCUT2D eigenvalue weighted by Gasteiger charge is -1.94. The lowest BCUT2D eigenvalue weighted by Crippen LogP contribution is -1.84. The molecule has 0 saturated carbocycles. The molecule has 0 aliphatic carbocycles. The van der Waals surface area contributed by atoms with E-state index in [4.69, 9.17) is 0 Å². The van der Waals surface area contributed by atoms with E-state index < -0.39 is 0 Å². The van der Waals surface area contributed by atoms with Crippen molar-refractivity contribution in [3.05, 3.63) is 59.6 Å². The quantitative estimate of drug-likeness (QED) is 0.625. The molecular formula is C13H9N3O. The molecular weight excluding hydrogens is 214 g/mol. The van der Waals surface area contributed by atoms with Crippen molar-refractivity contribution in [2.45, 2.75) is 0 Å². The van der Waals surface area contributed by atoms with Crippen molar-refractivity contribution in [2.75, 3.05) is 0 Å². The molecule has 4 nitrogen and oxygen atoms in total. The van der Waals surface area contributed by atoms with E-state index in [1.165, 1.54) is 0 Å². The third-order valence-electron chi connectivity index (χ3n) is 2.65. The van der Waals surface area contributed by atoms with E-state index in [0.717, 1.165) is 11.1 Å². The smallest absolute Gasteiger partial charge is 0.161 e.